The van der Waals surface area contributed by atoms with E-state index in [1.165, 1.54) is 25.7 Å². The van der Waals surface area contributed by atoms with Crippen molar-refractivity contribution in [2.45, 2.75) is 52.9 Å². The van der Waals surface area contributed by atoms with E-state index < -0.39 is 0 Å². The number of hydrogen-bond acceptors (Lipinski definition) is 1. The lowest BCUT2D eigenvalue weighted by molar-refractivity contribution is -0.115. The molecule has 2 aliphatic rings. The Hall–Kier alpha value is -0.590. The minimum Gasteiger partial charge on any atom is -0.295 e. The third-order valence-corrected chi connectivity index (χ3v) is 4.36. The van der Waals surface area contributed by atoms with Crippen LogP contribution in [0.5, 0.6) is 0 Å². The van der Waals surface area contributed by atoms with Gasteiger partial charge in [-0.15, -0.1) is 0 Å². The van der Waals surface area contributed by atoms with Gasteiger partial charge in [0.1, 0.15) is 0 Å². The highest BCUT2D eigenvalue weighted by molar-refractivity contribution is 5.93. The van der Waals surface area contributed by atoms with Crippen LogP contribution in [0.15, 0.2) is 12.2 Å². The number of ketones is 1. The fraction of sp³-hybridized carbons (Fsp3) is 0.786. The molecular weight excluding hydrogens is 184 g/mol. The van der Waals surface area contributed by atoms with Crippen LogP contribution in [0.25, 0.3) is 0 Å². The molecule has 15 heavy (non-hydrogen) atoms. The zero-order chi connectivity index (χ0) is 11.1. The monoisotopic (exact) mass is 206 g/mol. The third kappa shape index (κ3) is 2.16. The molecule has 0 heterocycles. The molecule has 0 saturated heterocycles. The van der Waals surface area contributed by atoms with Crippen LogP contribution in [0, 0.1) is 16.7 Å². The summed E-state index contributed by atoms with van der Waals surface area (Å²) in [4.78, 5) is 11.3. The SMILES string of the molecule is CC(C)(C)C1CCC2(C=CC(=O)C2)CC1. The number of carbonyl (C=O) groups excluding carboxylic acids is 1. The number of carbonyl (C=O) groups is 1. The Morgan fingerprint density at radius 1 is 1.27 bits per heavy atom. The second-order valence-electron chi connectivity index (χ2n) is 6.48. The van der Waals surface area contributed by atoms with Gasteiger partial charge in [-0.2, -0.15) is 0 Å². The van der Waals surface area contributed by atoms with Gasteiger partial charge in [-0.3, -0.25) is 4.79 Å². The molecule has 0 bridgehead atoms. The van der Waals surface area contributed by atoms with Crippen LogP contribution >= 0.6 is 0 Å². The van der Waals surface area contributed by atoms with Gasteiger partial charge in [0.05, 0.1) is 0 Å². The fourth-order valence-electron chi connectivity index (χ4n) is 3.14. The van der Waals surface area contributed by atoms with Crippen molar-refractivity contribution in [3.05, 3.63) is 12.2 Å². The van der Waals surface area contributed by atoms with Gasteiger partial charge in [-0.25, -0.2) is 0 Å². The molecule has 0 aromatic carbocycles. The maximum absolute atomic E-state index is 11.3. The quantitative estimate of drug-likeness (QED) is 0.590. The van der Waals surface area contributed by atoms with E-state index in [4.69, 9.17) is 0 Å². The molecule has 0 aromatic heterocycles. The summed E-state index contributed by atoms with van der Waals surface area (Å²) in [5.74, 6) is 1.18. The molecule has 0 amide bonds. The van der Waals surface area contributed by atoms with Crippen molar-refractivity contribution in [3.8, 4) is 0 Å². The second-order valence-corrected chi connectivity index (χ2v) is 6.48. The summed E-state index contributed by atoms with van der Waals surface area (Å²) in [7, 11) is 0. The molecule has 84 valence electrons. The summed E-state index contributed by atoms with van der Waals surface area (Å²) in [5, 5.41) is 0. The molecule has 0 radical (unpaired) electrons. The zero-order valence-electron chi connectivity index (χ0n) is 10.2. The average Bonchev–Trinajstić information content (AvgIpc) is 2.47. The van der Waals surface area contributed by atoms with Crippen molar-refractivity contribution in [1.29, 1.82) is 0 Å². The molecule has 0 aliphatic heterocycles. The van der Waals surface area contributed by atoms with Gasteiger partial charge < -0.3 is 0 Å². The summed E-state index contributed by atoms with van der Waals surface area (Å²) in [6.07, 6.45) is 9.80. The van der Waals surface area contributed by atoms with Crippen LogP contribution in [-0.4, -0.2) is 5.78 Å². The first-order valence-electron chi connectivity index (χ1n) is 6.13. The van der Waals surface area contributed by atoms with Crippen LogP contribution in [-0.2, 0) is 4.79 Å². The van der Waals surface area contributed by atoms with Gasteiger partial charge in [0.2, 0.25) is 0 Å². The normalized spacial score (nSPS) is 36.5. The molecule has 0 atom stereocenters. The first-order valence-corrected chi connectivity index (χ1v) is 6.13. The smallest absolute Gasteiger partial charge is 0.156 e. The highest BCUT2D eigenvalue weighted by Gasteiger charge is 2.40. The molecule has 2 aliphatic carbocycles. The van der Waals surface area contributed by atoms with Crippen molar-refractivity contribution < 1.29 is 4.79 Å². The fourth-order valence-corrected chi connectivity index (χ4v) is 3.14. The summed E-state index contributed by atoms with van der Waals surface area (Å²) in [5.41, 5.74) is 0.701. The summed E-state index contributed by atoms with van der Waals surface area (Å²) >= 11 is 0. The molecule has 2 rings (SSSR count). The Bertz CT molecular complexity index is 285. The highest BCUT2D eigenvalue weighted by atomic mass is 16.1. The molecule has 1 nitrogen and oxygen atoms in total. The molecule has 1 fully saturated rings. The van der Waals surface area contributed by atoms with Crippen LogP contribution < -0.4 is 0 Å². The van der Waals surface area contributed by atoms with Crippen LogP contribution in [0.4, 0.5) is 0 Å². The predicted octanol–water partition coefficient (Wildman–Crippen LogP) is 3.74. The first-order chi connectivity index (χ1) is 6.91. The maximum Gasteiger partial charge on any atom is 0.156 e. The zero-order valence-corrected chi connectivity index (χ0v) is 10.2. The van der Waals surface area contributed by atoms with Gasteiger partial charge in [-0.05, 0) is 48.5 Å². The Labute approximate surface area is 92.9 Å². The Balaban J connectivity index is 1.98. The molecule has 1 heteroatoms. The third-order valence-electron chi connectivity index (χ3n) is 4.36. The lowest BCUT2D eigenvalue weighted by Crippen LogP contribution is -2.31. The summed E-state index contributed by atoms with van der Waals surface area (Å²) in [6, 6.07) is 0. The van der Waals surface area contributed by atoms with Gasteiger partial charge >= 0.3 is 0 Å². The molecule has 1 saturated carbocycles. The Morgan fingerprint density at radius 3 is 2.27 bits per heavy atom. The lowest BCUT2D eigenvalue weighted by atomic mass is 9.64. The Kier molecular flexibility index (Phi) is 2.52. The number of hydrogen-bond donors (Lipinski definition) is 0. The van der Waals surface area contributed by atoms with E-state index in [2.05, 4.69) is 26.8 Å². The van der Waals surface area contributed by atoms with Gasteiger partial charge in [0.25, 0.3) is 0 Å². The summed E-state index contributed by atoms with van der Waals surface area (Å²) in [6.45, 7) is 7.02. The van der Waals surface area contributed by atoms with Crippen molar-refractivity contribution in [2.24, 2.45) is 16.7 Å². The molecular formula is C14H22O. The summed E-state index contributed by atoms with van der Waals surface area (Å²) < 4.78 is 0. The van der Waals surface area contributed by atoms with Crippen molar-refractivity contribution >= 4 is 5.78 Å². The van der Waals surface area contributed by atoms with E-state index in [0.717, 1.165) is 12.3 Å². The minimum absolute atomic E-state index is 0.263. The van der Waals surface area contributed by atoms with E-state index in [0.29, 0.717) is 11.2 Å². The second kappa shape index (κ2) is 3.47. The van der Waals surface area contributed by atoms with Crippen LogP contribution in [0.3, 0.4) is 0 Å². The van der Waals surface area contributed by atoms with Crippen molar-refractivity contribution in [1.82, 2.24) is 0 Å². The number of rotatable bonds is 0. The van der Waals surface area contributed by atoms with E-state index >= 15 is 0 Å². The Morgan fingerprint density at radius 2 is 1.87 bits per heavy atom. The van der Waals surface area contributed by atoms with Crippen LogP contribution in [0.2, 0.25) is 0 Å². The maximum atomic E-state index is 11.3. The first kappa shape index (κ1) is 10.9. The van der Waals surface area contributed by atoms with Gasteiger partial charge in [0.15, 0.2) is 5.78 Å². The van der Waals surface area contributed by atoms with Crippen molar-refractivity contribution in [3.63, 3.8) is 0 Å². The molecule has 0 N–H and O–H groups in total. The van der Waals surface area contributed by atoms with Crippen LogP contribution in [0.1, 0.15) is 52.9 Å². The largest absolute Gasteiger partial charge is 0.295 e. The molecule has 0 unspecified atom stereocenters. The predicted molar refractivity (Wildman–Crippen MR) is 62.6 cm³/mol. The van der Waals surface area contributed by atoms with Crippen molar-refractivity contribution in [2.75, 3.05) is 0 Å². The lowest BCUT2D eigenvalue weighted by Gasteiger charge is -2.41. The van der Waals surface area contributed by atoms with Gasteiger partial charge in [-0.1, -0.05) is 26.8 Å². The van der Waals surface area contributed by atoms with E-state index in [-0.39, 0.29) is 5.41 Å². The van der Waals surface area contributed by atoms with E-state index in [9.17, 15) is 4.79 Å². The van der Waals surface area contributed by atoms with E-state index in [1.807, 2.05) is 0 Å². The topological polar surface area (TPSA) is 17.1 Å². The van der Waals surface area contributed by atoms with E-state index in [1.54, 1.807) is 6.08 Å². The molecule has 1 spiro atoms. The molecule has 0 aromatic rings. The minimum atomic E-state index is 0.263. The highest BCUT2D eigenvalue weighted by Crippen LogP contribution is 2.49. The van der Waals surface area contributed by atoms with Gasteiger partial charge in [0, 0.05) is 6.42 Å². The number of allylic oxidation sites excluding steroid dienone is 2. The standard InChI is InChI=1S/C14H22O/c1-13(2,3)11-4-7-14(8-5-11)9-6-12(15)10-14/h6,9,11H,4-5,7-8,10H2,1-3H3. The average molecular weight is 206 g/mol.